The van der Waals surface area contributed by atoms with E-state index in [0.29, 0.717) is 11.4 Å². The van der Waals surface area contributed by atoms with Crippen LogP contribution in [0.2, 0.25) is 0 Å². The first kappa shape index (κ1) is 14.1. The van der Waals surface area contributed by atoms with Crippen molar-refractivity contribution in [3.63, 3.8) is 0 Å². The van der Waals surface area contributed by atoms with E-state index in [9.17, 15) is 13.5 Å². The molecule has 19 heavy (non-hydrogen) atoms. The van der Waals surface area contributed by atoms with Gasteiger partial charge in [0, 0.05) is 12.2 Å². The molecule has 1 aromatic rings. The summed E-state index contributed by atoms with van der Waals surface area (Å²) in [5, 5.41) is 9.37. The van der Waals surface area contributed by atoms with Gasteiger partial charge in [0.15, 0.2) is 0 Å². The minimum absolute atomic E-state index is 0.0173. The fourth-order valence-electron chi connectivity index (χ4n) is 2.44. The summed E-state index contributed by atoms with van der Waals surface area (Å²) in [5.41, 5.74) is 6.68. The van der Waals surface area contributed by atoms with Crippen molar-refractivity contribution in [2.45, 2.75) is 23.8 Å². The number of aliphatic hydroxyl groups is 1. The maximum atomic E-state index is 12.1. The zero-order chi connectivity index (χ0) is 14.0. The first-order chi connectivity index (χ1) is 8.99. The summed E-state index contributed by atoms with van der Waals surface area (Å²) in [6, 6.07) is 4.80. The first-order valence-electron chi connectivity index (χ1n) is 6.20. The number of hydrogen-bond donors (Lipinski definition) is 3. The molecule has 0 bridgehead atoms. The lowest BCUT2D eigenvalue weighted by Gasteiger charge is -2.27. The van der Waals surface area contributed by atoms with Gasteiger partial charge in [-0.25, -0.2) is 13.1 Å². The van der Waals surface area contributed by atoms with Gasteiger partial charge in [0.2, 0.25) is 10.0 Å². The molecule has 0 aliphatic carbocycles. The average Bonchev–Trinajstić information content (AvgIpc) is 2.86. The molecule has 1 saturated heterocycles. The zero-order valence-corrected chi connectivity index (χ0v) is 11.7. The molecule has 0 amide bonds. The quantitative estimate of drug-likeness (QED) is 0.684. The third-order valence-corrected chi connectivity index (χ3v) is 4.88. The molecule has 0 radical (unpaired) electrons. The Bertz CT molecular complexity index is 559. The number of aliphatic hydroxyl groups excluding tert-OH is 1. The minimum atomic E-state index is -3.57. The van der Waals surface area contributed by atoms with Gasteiger partial charge in [-0.3, -0.25) is 0 Å². The Balaban J connectivity index is 2.51. The zero-order valence-electron chi connectivity index (χ0n) is 10.8. The number of nitrogens with zero attached hydrogens (tertiary/aromatic N) is 1. The number of sulfonamides is 1. The number of benzene rings is 1. The van der Waals surface area contributed by atoms with E-state index >= 15 is 0 Å². The van der Waals surface area contributed by atoms with Gasteiger partial charge in [-0.2, -0.15) is 0 Å². The van der Waals surface area contributed by atoms with Crippen LogP contribution in [-0.2, 0) is 10.0 Å². The highest BCUT2D eigenvalue weighted by atomic mass is 32.2. The van der Waals surface area contributed by atoms with Crippen LogP contribution in [0.15, 0.2) is 23.1 Å². The Morgan fingerprint density at radius 3 is 2.89 bits per heavy atom. The highest BCUT2D eigenvalue weighted by Gasteiger charge is 2.28. The van der Waals surface area contributed by atoms with E-state index in [1.165, 1.54) is 13.1 Å². The maximum absolute atomic E-state index is 12.1. The molecule has 1 unspecified atom stereocenters. The fourth-order valence-corrected chi connectivity index (χ4v) is 3.41. The van der Waals surface area contributed by atoms with Gasteiger partial charge in [0.1, 0.15) is 4.90 Å². The SMILES string of the molecule is CNS(=O)(=O)c1cc(N)ccc1N1CCCC1CO. The van der Waals surface area contributed by atoms with Gasteiger partial charge in [-0.05, 0) is 38.1 Å². The normalized spacial score (nSPS) is 19.9. The summed E-state index contributed by atoms with van der Waals surface area (Å²) in [6.45, 7) is 0.755. The van der Waals surface area contributed by atoms with Gasteiger partial charge >= 0.3 is 0 Å². The van der Waals surface area contributed by atoms with E-state index in [2.05, 4.69) is 4.72 Å². The number of anilines is 2. The van der Waals surface area contributed by atoms with Gasteiger partial charge in [-0.15, -0.1) is 0 Å². The van der Waals surface area contributed by atoms with E-state index in [1.807, 2.05) is 4.90 Å². The predicted molar refractivity (Wildman–Crippen MR) is 74.6 cm³/mol. The molecule has 1 atom stereocenters. The second-order valence-electron chi connectivity index (χ2n) is 4.61. The van der Waals surface area contributed by atoms with Gasteiger partial charge < -0.3 is 15.7 Å². The van der Waals surface area contributed by atoms with Gasteiger partial charge in [0.25, 0.3) is 0 Å². The Hall–Kier alpha value is -1.31. The van der Waals surface area contributed by atoms with Crippen LogP contribution < -0.4 is 15.4 Å². The van der Waals surface area contributed by atoms with Crippen molar-refractivity contribution < 1.29 is 13.5 Å². The summed E-state index contributed by atoms with van der Waals surface area (Å²) in [7, 11) is -2.20. The molecule has 2 rings (SSSR count). The molecule has 1 aromatic carbocycles. The second-order valence-corrected chi connectivity index (χ2v) is 6.46. The lowest BCUT2D eigenvalue weighted by atomic mass is 10.2. The number of nitrogens with one attached hydrogen (secondary N) is 1. The Kier molecular flexibility index (Phi) is 3.98. The van der Waals surface area contributed by atoms with Gasteiger partial charge in [0.05, 0.1) is 18.3 Å². The second kappa shape index (κ2) is 5.36. The molecule has 4 N–H and O–H groups in total. The molecule has 1 fully saturated rings. The highest BCUT2D eigenvalue weighted by molar-refractivity contribution is 7.89. The van der Waals surface area contributed by atoms with E-state index in [4.69, 9.17) is 5.73 Å². The molecule has 0 saturated carbocycles. The van der Waals surface area contributed by atoms with Crippen molar-refractivity contribution in [3.8, 4) is 0 Å². The standard InChI is InChI=1S/C12H19N3O3S/c1-14-19(17,18)12-7-9(13)4-5-11(12)15-6-2-3-10(15)8-16/h4-5,7,10,14,16H,2-3,6,8,13H2,1H3. The van der Waals surface area contributed by atoms with Crippen molar-refractivity contribution in [3.05, 3.63) is 18.2 Å². The van der Waals surface area contributed by atoms with Crippen molar-refractivity contribution in [2.75, 3.05) is 30.8 Å². The molecule has 0 aromatic heterocycles. The van der Waals surface area contributed by atoms with Crippen LogP contribution in [0, 0.1) is 0 Å². The number of nitrogen functional groups attached to an aromatic ring is 1. The molecule has 1 aliphatic heterocycles. The van der Waals surface area contributed by atoms with Crippen LogP contribution in [0.25, 0.3) is 0 Å². The number of rotatable bonds is 4. The monoisotopic (exact) mass is 285 g/mol. The summed E-state index contributed by atoms with van der Waals surface area (Å²) >= 11 is 0. The third-order valence-electron chi connectivity index (χ3n) is 3.44. The molecular weight excluding hydrogens is 266 g/mol. The largest absolute Gasteiger partial charge is 0.399 e. The van der Waals surface area contributed by atoms with E-state index < -0.39 is 10.0 Å². The van der Waals surface area contributed by atoms with E-state index in [0.717, 1.165) is 19.4 Å². The summed E-state index contributed by atoms with van der Waals surface area (Å²) in [6.07, 6.45) is 1.80. The lowest BCUT2D eigenvalue weighted by Crippen LogP contribution is -2.34. The Morgan fingerprint density at radius 1 is 1.53 bits per heavy atom. The third kappa shape index (κ3) is 2.68. The van der Waals surface area contributed by atoms with Crippen LogP contribution in [0.3, 0.4) is 0 Å². The summed E-state index contributed by atoms with van der Waals surface area (Å²) in [5.74, 6) is 0. The van der Waals surface area contributed by atoms with Gasteiger partial charge in [-0.1, -0.05) is 0 Å². The van der Waals surface area contributed by atoms with Crippen molar-refractivity contribution >= 4 is 21.4 Å². The van der Waals surface area contributed by atoms with Crippen LogP contribution in [0.1, 0.15) is 12.8 Å². The lowest BCUT2D eigenvalue weighted by molar-refractivity contribution is 0.266. The summed E-state index contributed by atoms with van der Waals surface area (Å²) < 4.78 is 26.4. The predicted octanol–water partition coefficient (Wildman–Crippen LogP) is 0.138. The smallest absolute Gasteiger partial charge is 0.242 e. The topological polar surface area (TPSA) is 95.7 Å². The molecule has 1 heterocycles. The Morgan fingerprint density at radius 2 is 2.26 bits per heavy atom. The number of hydrogen-bond acceptors (Lipinski definition) is 5. The molecule has 6 nitrogen and oxygen atoms in total. The fraction of sp³-hybridized carbons (Fsp3) is 0.500. The minimum Gasteiger partial charge on any atom is -0.399 e. The van der Waals surface area contributed by atoms with Crippen molar-refractivity contribution in [2.24, 2.45) is 0 Å². The van der Waals surface area contributed by atoms with E-state index in [-0.39, 0.29) is 17.5 Å². The molecule has 1 aliphatic rings. The Labute approximate surface area is 113 Å². The molecule has 7 heteroatoms. The molecule has 0 spiro atoms. The number of nitrogens with two attached hydrogens (primary N) is 1. The highest BCUT2D eigenvalue weighted by Crippen LogP contribution is 2.32. The van der Waals surface area contributed by atoms with Crippen LogP contribution in [0.4, 0.5) is 11.4 Å². The van der Waals surface area contributed by atoms with Crippen LogP contribution in [-0.4, -0.2) is 39.8 Å². The molecule has 106 valence electrons. The first-order valence-corrected chi connectivity index (χ1v) is 7.68. The van der Waals surface area contributed by atoms with Crippen LogP contribution >= 0.6 is 0 Å². The van der Waals surface area contributed by atoms with Crippen LogP contribution in [0.5, 0.6) is 0 Å². The van der Waals surface area contributed by atoms with Crippen molar-refractivity contribution in [1.82, 2.24) is 4.72 Å². The summed E-state index contributed by atoms with van der Waals surface area (Å²) in [4.78, 5) is 2.10. The molecular formula is C12H19N3O3S. The van der Waals surface area contributed by atoms with Crippen molar-refractivity contribution in [1.29, 1.82) is 0 Å². The van der Waals surface area contributed by atoms with E-state index in [1.54, 1.807) is 12.1 Å². The average molecular weight is 285 g/mol. The maximum Gasteiger partial charge on any atom is 0.242 e.